The fraction of sp³-hybridized carbons (Fsp3) is 0.389. The molecular weight excluding hydrogens is 336 g/mol. The minimum absolute atomic E-state index is 0.450. The summed E-state index contributed by atoms with van der Waals surface area (Å²) in [5, 5.41) is 7.51. The average Bonchev–Trinajstić information content (AvgIpc) is 3.32. The van der Waals surface area contributed by atoms with Crippen molar-refractivity contribution in [1.29, 1.82) is 0 Å². The highest BCUT2D eigenvalue weighted by Gasteiger charge is 2.29. The molecular formula is C18H20N4O2S. The lowest BCUT2D eigenvalue weighted by atomic mass is 10.2. The Hall–Kier alpha value is -2.28. The first-order valence-electron chi connectivity index (χ1n) is 8.49. The molecule has 1 aromatic heterocycles. The van der Waals surface area contributed by atoms with Crippen LogP contribution in [0, 0.1) is 6.92 Å². The molecule has 130 valence electrons. The third-order valence-electron chi connectivity index (χ3n) is 4.62. The minimum Gasteiger partial charge on any atom is -0.334 e. The summed E-state index contributed by atoms with van der Waals surface area (Å²) < 4.78 is 1.76. The van der Waals surface area contributed by atoms with E-state index in [2.05, 4.69) is 10.4 Å². The van der Waals surface area contributed by atoms with Gasteiger partial charge in [0.15, 0.2) is 0 Å². The Morgan fingerprint density at radius 1 is 1.20 bits per heavy atom. The zero-order valence-corrected chi connectivity index (χ0v) is 14.9. The number of amides is 2. The minimum atomic E-state index is -0.574. The van der Waals surface area contributed by atoms with Gasteiger partial charge in [0.1, 0.15) is 5.82 Å². The summed E-state index contributed by atoms with van der Waals surface area (Å²) >= 11 is 1.77. The largest absolute Gasteiger partial charge is 0.334 e. The number of hydrogen-bond acceptors (Lipinski definition) is 4. The molecule has 2 amide bonds. The summed E-state index contributed by atoms with van der Waals surface area (Å²) in [6.07, 6.45) is 1.93. The van der Waals surface area contributed by atoms with Crippen LogP contribution in [0.25, 0.3) is 5.69 Å². The molecule has 2 aliphatic heterocycles. The fourth-order valence-corrected chi connectivity index (χ4v) is 4.35. The normalized spacial score (nSPS) is 16.1. The van der Waals surface area contributed by atoms with Gasteiger partial charge < -0.3 is 10.2 Å². The van der Waals surface area contributed by atoms with Gasteiger partial charge in [0, 0.05) is 30.2 Å². The Morgan fingerprint density at radius 3 is 2.76 bits per heavy atom. The summed E-state index contributed by atoms with van der Waals surface area (Å²) in [5.41, 5.74) is 4.01. The molecule has 1 aromatic carbocycles. The van der Waals surface area contributed by atoms with Crippen LogP contribution in [-0.4, -0.2) is 39.6 Å². The van der Waals surface area contributed by atoms with Gasteiger partial charge >= 0.3 is 11.8 Å². The topological polar surface area (TPSA) is 67.2 Å². The molecule has 0 unspecified atom stereocenters. The smallest absolute Gasteiger partial charge is 0.315 e. The first-order chi connectivity index (χ1) is 12.1. The fourth-order valence-electron chi connectivity index (χ4n) is 3.31. The van der Waals surface area contributed by atoms with Gasteiger partial charge in [0.05, 0.1) is 11.4 Å². The second-order valence-corrected chi connectivity index (χ2v) is 7.46. The van der Waals surface area contributed by atoms with Gasteiger partial charge in [-0.05, 0) is 37.5 Å². The zero-order valence-electron chi connectivity index (χ0n) is 14.1. The predicted octanol–water partition coefficient (Wildman–Crippen LogP) is 2.49. The number of aryl methyl sites for hydroxylation is 1. The van der Waals surface area contributed by atoms with E-state index in [9.17, 15) is 9.59 Å². The second-order valence-electron chi connectivity index (χ2n) is 6.47. The summed E-state index contributed by atoms with van der Waals surface area (Å²) in [6.45, 7) is 3.35. The number of fused-ring (bicyclic) bond motifs is 1. The van der Waals surface area contributed by atoms with Crippen LogP contribution in [0.2, 0.25) is 0 Å². The highest BCUT2D eigenvalue weighted by molar-refractivity contribution is 7.98. The molecule has 2 aromatic rings. The Bertz CT molecular complexity index is 840. The monoisotopic (exact) mass is 356 g/mol. The SMILES string of the molecule is Cc1cccc(-n2nc3c(c2NC(=O)C(=O)N2CCCC2)CSC3)c1. The lowest BCUT2D eigenvalue weighted by Gasteiger charge is -2.16. The van der Waals surface area contributed by atoms with Gasteiger partial charge in [-0.15, -0.1) is 0 Å². The van der Waals surface area contributed by atoms with E-state index in [4.69, 9.17) is 0 Å². The molecule has 0 atom stereocenters. The molecule has 0 radical (unpaired) electrons. The lowest BCUT2D eigenvalue weighted by Crippen LogP contribution is -2.38. The first kappa shape index (κ1) is 16.2. The third-order valence-corrected chi connectivity index (χ3v) is 5.59. The standard InChI is InChI=1S/C18H20N4O2S/c1-12-5-4-6-13(9-12)22-16(14-10-25-11-15(14)20-22)19-17(23)18(24)21-7-2-3-8-21/h4-6,9H,2-3,7-8,10-11H2,1H3,(H,19,23). The second kappa shape index (κ2) is 6.55. The van der Waals surface area contributed by atoms with E-state index < -0.39 is 11.8 Å². The van der Waals surface area contributed by atoms with Gasteiger partial charge in [-0.3, -0.25) is 9.59 Å². The van der Waals surface area contributed by atoms with Crippen molar-refractivity contribution in [2.24, 2.45) is 0 Å². The number of nitrogens with zero attached hydrogens (tertiary/aromatic N) is 3. The highest BCUT2D eigenvalue weighted by Crippen LogP contribution is 2.36. The number of hydrogen-bond donors (Lipinski definition) is 1. The van der Waals surface area contributed by atoms with Crippen LogP contribution in [0.1, 0.15) is 29.7 Å². The molecule has 6 nitrogen and oxygen atoms in total. The number of benzene rings is 1. The maximum Gasteiger partial charge on any atom is 0.315 e. The number of anilines is 1. The number of carbonyl (C=O) groups is 2. The van der Waals surface area contributed by atoms with Crippen molar-refractivity contribution >= 4 is 29.4 Å². The molecule has 4 rings (SSSR count). The van der Waals surface area contributed by atoms with Crippen molar-refractivity contribution in [3.8, 4) is 5.69 Å². The maximum atomic E-state index is 12.5. The van der Waals surface area contributed by atoms with E-state index in [1.165, 1.54) is 0 Å². The van der Waals surface area contributed by atoms with Gasteiger partial charge in [-0.2, -0.15) is 16.9 Å². The van der Waals surface area contributed by atoms with Gasteiger partial charge in [-0.1, -0.05) is 12.1 Å². The molecule has 1 saturated heterocycles. The van der Waals surface area contributed by atoms with Gasteiger partial charge in [0.2, 0.25) is 0 Å². The number of rotatable bonds is 2. The first-order valence-corrected chi connectivity index (χ1v) is 9.65. The number of aromatic nitrogens is 2. The van der Waals surface area contributed by atoms with Crippen LogP contribution < -0.4 is 5.32 Å². The Labute approximate surface area is 150 Å². The van der Waals surface area contributed by atoms with E-state index >= 15 is 0 Å². The number of nitrogens with one attached hydrogen (secondary N) is 1. The summed E-state index contributed by atoms with van der Waals surface area (Å²) in [4.78, 5) is 26.5. The van der Waals surface area contributed by atoms with Gasteiger partial charge in [0.25, 0.3) is 0 Å². The van der Waals surface area contributed by atoms with Gasteiger partial charge in [-0.25, -0.2) is 4.68 Å². The van der Waals surface area contributed by atoms with Crippen molar-refractivity contribution < 1.29 is 9.59 Å². The Morgan fingerprint density at radius 2 is 2.00 bits per heavy atom. The van der Waals surface area contributed by atoms with Crippen molar-refractivity contribution in [1.82, 2.24) is 14.7 Å². The van der Waals surface area contributed by atoms with E-state index in [1.807, 2.05) is 31.2 Å². The van der Waals surface area contributed by atoms with Crippen molar-refractivity contribution in [3.05, 3.63) is 41.1 Å². The maximum absolute atomic E-state index is 12.5. The number of likely N-dealkylation sites (tertiary alicyclic amines) is 1. The van der Waals surface area contributed by atoms with Crippen molar-refractivity contribution in [2.75, 3.05) is 18.4 Å². The summed E-state index contributed by atoms with van der Waals surface area (Å²) in [6, 6.07) is 7.96. The third kappa shape index (κ3) is 3.04. The lowest BCUT2D eigenvalue weighted by molar-refractivity contribution is -0.142. The molecule has 0 spiro atoms. The molecule has 0 bridgehead atoms. The Balaban J connectivity index is 1.66. The average molecular weight is 356 g/mol. The van der Waals surface area contributed by atoms with Crippen molar-refractivity contribution in [2.45, 2.75) is 31.3 Å². The van der Waals surface area contributed by atoms with Crippen LogP contribution >= 0.6 is 11.8 Å². The molecule has 3 heterocycles. The number of thioether (sulfide) groups is 1. The van der Waals surface area contributed by atoms with E-state index in [1.54, 1.807) is 21.3 Å². The molecule has 25 heavy (non-hydrogen) atoms. The molecule has 1 fully saturated rings. The Kier molecular flexibility index (Phi) is 4.25. The van der Waals surface area contributed by atoms with Crippen molar-refractivity contribution in [3.63, 3.8) is 0 Å². The van der Waals surface area contributed by atoms with Crippen LogP contribution in [-0.2, 0) is 21.1 Å². The van der Waals surface area contributed by atoms with E-state index in [0.29, 0.717) is 18.9 Å². The van der Waals surface area contributed by atoms with Crippen LogP contribution in [0.5, 0.6) is 0 Å². The quantitative estimate of drug-likeness (QED) is 0.840. The molecule has 7 heteroatoms. The van der Waals surface area contributed by atoms with E-state index in [-0.39, 0.29) is 0 Å². The zero-order chi connectivity index (χ0) is 17.4. The molecule has 0 aliphatic carbocycles. The van der Waals surface area contributed by atoms with Crippen LogP contribution in [0.15, 0.2) is 24.3 Å². The van der Waals surface area contributed by atoms with Crippen LogP contribution in [0.4, 0.5) is 5.82 Å². The van der Waals surface area contributed by atoms with E-state index in [0.717, 1.165) is 46.9 Å². The summed E-state index contributed by atoms with van der Waals surface area (Å²) in [5.74, 6) is 1.23. The molecule has 0 saturated carbocycles. The number of carbonyl (C=O) groups excluding carboxylic acids is 2. The summed E-state index contributed by atoms with van der Waals surface area (Å²) in [7, 11) is 0. The predicted molar refractivity (Wildman–Crippen MR) is 97.7 cm³/mol. The molecule has 2 aliphatic rings. The van der Waals surface area contributed by atoms with Crippen LogP contribution in [0.3, 0.4) is 0 Å². The highest BCUT2D eigenvalue weighted by atomic mass is 32.2. The molecule has 1 N–H and O–H groups in total.